The van der Waals surface area contributed by atoms with E-state index in [0.717, 1.165) is 11.3 Å². The summed E-state index contributed by atoms with van der Waals surface area (Å²) in [7, 11) is -3.74. The molecule has 1 aliphatic rings. The summed E-state index contributed by atoms with van der Waals surface area (Å²) in [6.07, 6.45) is 5.54. The first kappa shape index (κ1) is 14.7. The van der Waals surface area contributed by atoms with Gasteiger partial charge in [-0.05, 0) is 37.1 Å². The van der Waals surface area contributed by atoms with Gasteiger partial charge in [0.2, 0.25) is 15.9 Å². The van der Waals surface area contributed by atoms with E-state index in [4.69, 9.17) is 5.14 Å². The van der Waals surface area contributed by atoms with Crippen molar-refractivity contribution in [2.75, 3.05) is 4.90 Å². The van der Waals surface area contributed by atoms with Crippen LogP contribution in [0.25, 0.3) is 0 Å². The molecule has 0 aliphatic carbocycles. The summed E-state index contributed by atoms with van der Waals surface area (Å²) in [5.74, 6) is -0.0624. The second-order valence-corrected chi connectivity index (χ2v) is 6.95. The van der Waals surface area contributed by atoms with Gasteiger partial charge in [0.25, 0.3) is 0 Å². The van der Waals surface area contributed by atoms with Crippen LogP contribution in [0, 0.1) is 0 Å². The van der Waals surface area contributed by atoms with E-state index in [1.807, 2.05) is 6.92 Å². The molecule has 0 unspecified atom stereocenters. The molecule has 7 nitrogen and oxygen atoms in total. The highest BCUT2D eigenvalue weighted by atomic mass is 32.2. The Hall–Kier alpha value is -2.19. The fourth-order valence-electron chi connectivity index (χ4n) is 2.78. The van der Waals surface area contributed by atoms with Gasteiger partial charge in [0.1, 0.15) is 6.54 Å². The van der Waals surface area contributed by atoms with Crippen LogP contribution in [0.4, 0.5) is 5.69 Å². The Morgan fingerprint density at radius 3 is 2.86 bits per heavy atom. The lowest BCUT2D eigenvalue weighted by molar-refractivity contribution is -0.119. The number of hydrogen-bond donors (Lipinski definition) is 1. The maximum Gasteiger partial charge on any atom is 0.247 e. The Labute approximate surface area is 128 Å². The van der Waals surface area contributed by atoms with Crippen LogP contribution in [-0.2, 0) is 27.8 Å². The van der Waals surface area contributed by atoms with E-state index in [9.17, 15) is 13.2 Å². The standard InChI is InChI=1S/C14H16N4O3S/c1-10-6-11-7-12(22(15,20)21)2-3-13(11)18(10)14(19)8-17-5-4-16-9-17/h2-5,7,9-10H,6,8H2,1H3,(H2,15,20,21)/t10-/m0/s1. The SMILES string of the molecule is C[C@H]1Cc2cc(S(N)(=O)=O)ccc2N1C(=O)Cn1ccnc1. The molecule has 1 aromatic carbocycles. The van der Waals surface area contributed by atoms with E-state index < -0.39 is 10.0 Å². The molecule has 2 aromatic rings. The van der Waals surface area contributed by atoms with Crippen LogP contribution in [0.15, 0.2) is 41.8 Å². The molecule has 116 valence electrons. The summed E-state index contributed by atoms with van der Waals surface area (Å²) in [6.45, 7) is 2.13. The lowest BCUT2D eigenvalue weighted by Crippen LogP contribution is -2.37. The first-order valence-corrected chi connectivity index (χ1v) is 8.34. The molecule has 8 heteroatoms. The molecule has 1 atom stereocenters. The number of fused-ring (bicyclic) bond motifs is 1. The number of aromatic nitrogens is 2. The number of nitrogens with two attached hydrogens (primary N) is 1. The highest BCUT2D eigenvalue weighted by molar-refractivity contribution is 7.89. The van der Waals surface area contributed by atoms with E-state index in [2.05, 4.69) is 4.98 Å². The van der Waals surface area contributed by atoms with Crippen LogP contribution in [-0.4, -0.2) is 29.9 Å². The maximum atomic E-state index is 12.5. The predicted octanol–water partition coefficient (Wildman–Crippen LogP) is 0.508. The summed E-state index contributed by atoms with van der Waals surface area (Å²) in [5, 5.41) is 5.15. The average molecular weight is 320 g/mol. The molecule has 0 saturated carbocycles. The molecule has 0 radical (unpaired) electrons. The number of anilines is 1. The van der Waals surface area contributed by atoms with Crippen molar-refractivity contribution >= 4 is 21.6 Å². The van der Waals surface area contributed by atoms with Gasteiger partial charge in [0.05, 0.1) is 11.2 Å². The molecule has 2 heterocycles. The van der Waals surface area contributed by atoms with Gasteiger partial charge in [-0.25, -0.2) is 18.5 Å². The zero-order valence-electron chi connectivity index (χ0n) is 12.0. The van der Waals surface area contributed by atoms with Gasteiger partial charge in [-0.3, -0.25) is 4.79 Å². The van der Waals surface area contributed by atoms with Crippen LogP contribution in [0.1, 0.15) is 12.5 Å². The van der Waals surface area contributed by atoms with Crippen molar-refractivity contribution in [3.05, 3.63) is 42.5 Å². The van der Waals surface area contributed by atoms with Crippen molar-refractivity contribution in [2.24, 2.45) is 5.14 Å². The highest BCUT2D eigenvalue weighted by Crippen LogP contribution is 2.33. The molecule has 0 spiro atoms. The number of carbonyl (C=O) groups is 1. The summed E-state index contributed by atoms with van der Waals surface area (Å²) in [4.78, 5) is 18.2. The third-order valence-corrected chi connectivity index (χ3v) is 4.65. The number of hydrogen-bond acceptors (Lipinski definition) is 4. The minimum atomic E-state index is -3.74. The molecule has 2 N–H and O–H groups in total. The lowest BCUT2D eigenvalue weighted by Gasteiger charge is -2.23. The lowest BCUT2D eigenvalue weighted by atomic mass is 10.1. The van der Waals surface area contributed by atoms with Crippen LogP contribution < -0.4 is 10.0 Å². The second-order valence-electron chi connectivity index (χ2n) is 5.39. The van der Waals surface area contributed by atoms with E-state index in [1.54, 1.807) is 40.3 Å². The molecule has 1 aliphatic heterocycles. The summed E-state index contributed by atoms with van der Waals surface area (Å²) in [6, 6.07) is 4.60. The molecule has 22 heavy (non-hydrogen) atoms. The number of imidazole rings is 1. The zero-order chi connectivity index (χ0) is 15.9. The van der Waals surface area contributed by atoms with Crippen molar-refractivity contribution in [2.45, 2.75) is 30.8 Å². The van der Waals surface area contributed by atoms with Crippen LogP contribution in [0.2, 0.25) is 0 Å². The van der Waals surface area contributed by atoms with E-state index in [-0.39, 0.29) is 23.4 Å². The Kier molecular flexibility index (Phi) is 3.50. The molecule has 0 bridgehead atoms. The van der Waals surface area contributed by atoms with Crippen molar-refractivity contribution in [3.8, 4) is 0 Å². The molecule has 3 rings (SSSR count). The molecule has 0 saturated heterocycles. The van der Waals surface area contributed by atoms with Crippen molar-refractivity contribution in [1.82, 2.24) is 9.55 Å². The Morgan fingerprint density at radius 1 is 1.45 bits per heavy atom. The number of nitrogens with zero attached hydrogens (tertiary/aromatic N) is 3. The van der Waals surface area contributed by atoms with E-state index in [1.165, 1.54) is 6.07 Å². The first-order chi connectivity index (χ1) is 10.4. The number of sulfonamides is 1. The quantitative estimate of drug-likeness (QED) is 0.890. The van der Waals surface area contributed by atoms with Gasteiger partial charge in [0.15, 0.2) is 0 Å². The van der Waals surface area contributed by atoms with Gasteiger partial charge < -0.3 is 9.47 Å². The molecule has 1 aromatic heterocycles. The van der Waals surface area contributed by atoms with Crippen LogP contribution in [0.5, 0.6) is 0 Å². The predicted molar refractivity (Wildman–Crippen MR) is 80.7 cm³/mol. The molecular formula is C14H16N4O3S. The molecule has 0 fully saturated rings. The third-order valence-electron chi connectivity index (χ3n) is 3.74. The largest absolute Gasteiger partial charge is 0.328 e. The average Bonchev–Trinajstić information content (AvgIpc) is 3.02. The van der Waals surface area contributed by atoms with Gasteiger partial charge >= 0.3 is 0 Å². The minimum Gasteiger partial charge on any atom is -0.328 e. The van der Waals surface area contributed by atoms with Crippen molar-refractivity contribution in [3.63, 3.8) is 0 Å². The monoisotopic (exact) mass is 320 g/mol. The topological polar surface area (TPSA) is 98.3 Å². The van der Waals surface area contributed by atoms with Gasteiger partial charge in [0, 0.05) is 24.1 Å². The number of amides is 1. The fourth-order valence-corrected chi connectivity index (χ4v) is 3.34. The first-order valence-electron chi connectivity index (χ1n) is 6.80. The highest BCUT2D eigenvalue weighted by Gasteiger charge is 2.31. The second kappa shape index (κ2) is 5.22. The minimum absolute atomic E-state index is 0.0262. The normalized spacial score (nSPS) is 17.5. The zero-order valence-corrected chi connectivity index (χ0v) is 12.8. The van der Waals surface area contributed by atoms with Crippen molar-refractivity contribution in [1.29, 1.82) is 0 Å². The summed E-state index contributed by atoms with van der Waals surface area (Å²) in [5.41, 5.74) is 1.56. The van der Waals surface area contributed by atoms with Gasteiger partial charge in [-0.1, -0.05) is 0 Å². The van der Waals surface area contributed by atoms with Gasteiger partial charge in [-0.2, -0.15) is 0 Å². The van der Waals surface area contributed by atoms with E-state index >= 15 is 0 Å². The number of rotatable bonds is 3. The smallest absolute Gasteiger partial charge is 0.247 e. The third kappa shape index (κ3) is 2.62. The summed E-state index contributed by atoms with van der Waals surface area (Å²) >= 11 is 0. The Balaban J connectivity index is 1.91. The Bertz CT molecular complexity index is 815. The Morgan fingerprint density at radius 2 is 2.23 bits per heavy atom. The van der Waals surface area contributed by atoms with Crippen LogP contribution in [0.3, 0.4) is 0 Å². The van der Waals surface area contributed by atoms with Crippen molar-refractivity contribution < 1.29 is 13.2 Å². The summed E-state index contributed by atoms with van der Waals surface area (Å²) < 4.78 is 24.6. The molecule has 1 amide bonds. The number of benzene rings is 1. The van der Waals surface area contributed by atoms with Gasteiger partial charge in [-0.15, -0.1) is 0 Å². The maximum absolute atomic E-state index is 12.5. The molecular weight excluding hydrogens is 304 g/mol. The number of primary sulfonamides is 1. The fraction of sp³-hybridized carbons (Fsp3) is 0.286. The number of carbonyl (C=O) groups excluding carboxylic acids is 1. The van der Waals surface area contributed by atoms with E-state index in [0.29, 0.717) is 6.42 Å². The van der Waals surface area contributed by atoms with Crippen LogP contribution >= 0.6 is 0 Å².